The van der Waals surface area contributed by atoms with E-state index in [2.05, 4.69) is 29.1 Å². The molecule has 132 valence electrons. The van der Waals surface area contributed by atoms with Crippen molar-refractivity contribution in [3.63, 3.8) is 0 Å². The molecule has 4 rings (SSSR count). The number of carbonyl (C=O) groups is 1. The first-order valence-corrected chi connectivity index (χ1v) is 9.48. The van der Waals surface area contributed by atoms with Crippen molar-refractivity contribution in [2.24, 2.45) is 17.8 Å². The highest BCUT2D eigenvalue weighted by Crippen LogP contribution is 2.59. The molecule has 2 aliphatic carbocycles. The van der Waals surface area contributed by atoms with E-state index in [1.165, 1.54) is 24.1 Å². The normalized spacial score (nSPS) is 35.2. The summed E-state index contributed by atoms with van der Waals surface area (Å²) in [6.07, 6.45) is 7.75. The summed E-state index contributed by atoms with van der Waals surface area (Å²) in [6.45, 7) is 9.04. The lowest BCUT2D eigenvalue weighted by atomic mass is 9.53. The minimum absolute atomic E-state index is 0.130. The summed E-state index contributed by atoms with van der Waals surface area (Å²) in [7, 11) is 0. The van der Waals surface area contributed by atoms with Crippen molar-refractivity contribution in [2.75, 3.05) is 6.54 Å². The van der Waals surface area contributed by atoms with Crippen LogP contribution >= 0.6 is 0 Å². The molecular weight excluding hydrogens is 300 g/mol. The Morgan fingerprint density at radius 2 is 2.21 bits per heavy atom. The third-order valence-electron chi connectivity index (χ3n) is 6.31. The molecular formula is C20H30N2O2. The predicted octanol–water partition coefficient (Wildman–Crippen LogP) is 4.46. The van der Waals surface area contributed by atoms with Crippen LogP contribution in [0.2, 0.25) is 0 Å². The number of H-pyrrole nitrogens is 1. The largest absolute Gasteiger partial charge is 0.444 e. The molecule has 1 aromatic rings. The number of piperidine rings is 1. The van der Waals surface area contributed by atoms with Crippen LogP contribution in [0.25, 0.3) is 0 Å². The minimum Gasteiger partial charge on any atom is -0.444 e. The van der Waals surface area contributed by atoms with Crippen molar-refractivity contribution < 1.29 is 9.53 Å². The van der Waals surface area contributed by atoms with Crippen LogP contribution in [0.1, 0.15) is 64.6 Å². The number of carbonyl (C=O) groups excluding carboxylic acids is 1. The number of rotatable bonds is 0. The summed E-state index contributed by atoms with van der Waals surface area (Å²) < 4.78 is 5.82. The van der Waals surface area contributed by atoms with Gasteiger partial charge in [0.25, 0.3) is 0 Å². The maximum atomic E-state index is 13.1. The maximum Gasteiger partial charge on any atom is 0.411 e. The van der Waals surface area contributed by atoms with E-state index >= 15 is 0 Å². The van der Waals surface area contributed by atoms with Gasteiger partial charge in [-0.05, 0) is 82.3 Å². The Morgan fingerprint density at radius 1 is 1.42 bits per heavy atom. The third kappa shape index (κ3) is 2.29. The summed E-state index contributed by atoms with van der Waals surface area (Å²) in [5.41, 5.74) is 2.10. The van der Waals surface area contributed by atoms with E-state index in [1.807, 2.05) is 20.8 Å². The zero-order chi connectivity index (χ0) is 17.1. The molecule has 0 spiro atoms. The second-order valence-electron chi connectivity index (χ2n) is 9.18. The molecule has 4 nitrogen and oxygen atoms in total. The number of hydrogen-bond donors (Lipinski definition) is 1. The number of aromatic nitrogens is 1. The van der Waals surface area contributed by atoms with Gasteiger partial charge in [-0.3, -0.25) is 4.90 Å². The van der Waals surface area contributed by atoms with Gasteiger partial charge in [0.05, 0.1) is 5.54 Å². The zero-order valence-corrected chi connectivity index (χ0v) is 15.4. The van der Waals surface area contributed by atoms with E-state index in [0.29, 0.717) is 17.8 Å². The van der Waals surface area contributed by atoms with Gasteiger partial charge in [-0.2, -0.15) is 0 Å². The van der Waals surface area contributed by atoms with Gasteiger partial charge in [-0.1, -0.05) is 6.92 Å². The predicted molar refractivity (Wildman–Crippen MR) is 93.7 cm³/mol. The monoisotopic (exact) mass is 330 g/mol. The average Bonchev–Trinajstić information content (AvgIpc) is 2.92. The molecule has 1 amide bonds. The van der Waals surface area contributed by atoms with Crippen LogP contribution < -0.4 is 0 Å². The fourth-order valence-electron chi connectivity index (χ4n) is 5.78. The molecule has 1 aromatic heterocycles. The summed E-state index contributed by atoms with van der Waals surface area (Å²) in [4.78, 5) is 18.7. The lowest BCUT2D eigenvalue weighted by Gasteiger charge is -2.60. The number of ether oxygens (including phenoxy) is 1. The summed E-state index contributed by atoms with van der Waals surface area (Å²) in [6, 6.07) is 2.22. The van der Waals surface area contributed by atoms with Gasteiger partial charge in [0.1, 0.15) is 5.60 Å². The van der Waals surface area contributed by atoms with Gasteiger partial charge < -0.3 is 9.72 Å². The van der Waals surface area contributed by atoms with Gasteiger partial charge in [0, 0.05) is 18.4 Å². The van der Waals surface area contributed by atoms with Crippen molar-refractivity contribution in [3.8, 4) is 0 Å². The first-order valence-electron chi connectivity index (χ1n) is 9.48. The van der Waals surface area contributed by atoms with Crippen molar-refractivity contribution in [2.45, 2.75) is 70.9 Å². The first kappa shape index (κ1) is 16.0. The van der Waals surface area contributed by atoms with Crippen LogP contribution in [-0.2, 0) is 16.7 Å². The lowest BCUT2D eigenvalue weighted by molar-refractivity contribution is -0.0928. The van der Waals surface area contributed by atoms with E-state index < -0.39 is 5.60 Å². The Balaban J connectivity index is 1.80. The van der Waals surface area contributed by atoms with Gasteiger partial charge in [-0.15, -0.1) is 0 Å². The molecule has 0 unspecified atom stereocenters. The van der Waals surface area contributed by atoms with Crippen LogP contribution in [0.4, 0.5) is 4.79 Å². The second kappa shape index (κ2) is 5.27. The van der Waals surface area contributed by atoms with Crippen LogP contribution in [0.3, 0.4) is 0 Å². The van der Waals surface area contributed by atoms with Crippen molar-refractivity contribution in [1.82, 2.24) is 9.88 Å². The Kier molecular flexibility index (Phi) is 3.52. The highest BCUT2D eigenvalue weighted by molar-refractivity contribution is 5.70. The van der Waals surface area contributed by atoms with E-state index in [-0.39, 0.29) is 11.6 Å². The molecule has 2 bridgehead atoms. The Morgan fingerprint density at radius 3 is 2.96 bits per heavy atom. The smallest absolute Gasteiger partial charge is 0.411 e. The summed E-state index contributed by atoms with van der Waals surface area (Å²) >= 11 is 0. The number of amides is 1. The number of nitrogens with one attached hydrogen (secondary N) is 1. The Labute approximate surface area is 144 Å². The van der Waals surface area contributed by atoms with Crippen LogP contribution in [-0.4, -0.2) is 28.1 Å². The number of aromatic amines is 1. The highest BCUT2D eigenvalue weighted by atomic mass is 16.6. The SMILES string of the molecule is C[C@@H]1C[C@H]2Cc3[nH]ccc3[C@@]3(C1)[C@@H]2CCCN3C(=O)OC(C)(C)C. The van der Waals surface area contributed by atoms with E-state index in [0.717, 1.165) is 25.8 Å². The van der Waals surface area contributed by atoms with Gasteiger partial charge in [0.15, 0.2) is 0 Å². The molecule has 3 aliphatic rings. The van der Waals surface area contributed by atoms with Crippen molar-refractivity contribution >= 4 is 6.09 Å². The topological polar surface area (TPSA) is 45.3 Å². The van der Waals surface area contributed by atoms with Gasteiger partial charge in [-0.25, -0.2) is 4.79 Å². The van der Waals surface area contributed by atoms with Gasteiger partial charge in [0.2, 0.25) is 0 Å². The van der Waals surface area contributed by atoms with E-state index in [4.69, 9.17) is 4.74 Å². The molecule has 2 fully saturated rings. The number of nitrogens with zero attached hydrogens (tertiary/aromatic N) is 1. The summed E-state index contributed by atoms with van der Waals surface area (Å²) in [5.74, 6) is 1.92. The highest BCUT2D eigenvalue weighted by Gasteiger charge is 2.59. The van der Waals surface area contributed by atoms with Crippen LogP contribution in [0.15, 0.2) is 12.3 Å². The van der Waals surface area contributed by atoms with Crippen molar-refractivity contribution in [3.05, 3.63) is 23.5 Å². The number of likely N-dealkylation sites (tertiary alicyclic amines) is 1. The summed E-state index contributed by atoms with van der Waals surface area (Å²) in [5, 5.41) is 0. The Bertz CT molecular complexity index is 644. The first-order chi connectivity index (χ1) is 11.3. The molecule has 0 radical (unpaired) electrons. The quantitative estimate of drug-likeness (QED) is 0.763. The maximum absolute atomic E-state index is 13.1. The fourth-order valence-corrected chi connectivity index (χ4v) is 5.78. The lowest BCUT2D eigenvalue weighted by Crippen LogP contribution is -2.63. The second-order valence-corrected chi connectivity index (χ2v) is 9.18. The Hall–Kier alpha value is -1.45. The molecule has 4 heteroatoms. The molecule has 1 saturated heterocycles. The molecule has 2 heterocycles. The standard InChI is InChI=1S/C20H30N2O2/c1-13-10-14-11-17-16(7-8-21-17)20(12-13)15(14)6-5-9-22(20)18(23)24-19(2,3)4/h7-8,13-15,21H,5-6,9-12H2,1-4H3/t13-,14+,15-,20-/m1/s1. The van der Waals surface area contributed by atoms with Crippen LogP contribution in [0.5, 0.6) is 0 Å². The molecule has 1 N–H and O–H groups in total. The molecule has 1 aliphatic heterocycles. The average molecular weight is 330 g/mol. The molecule has 4 atom stereocenters. The van der Waals surface area contributed by atoms with E-state index in [1.54, 1.807) is 0 Å². The molecule has 1 saturated carbocycles. The minimum atomic E-state index is -0.448. The fraction of sp³-hybridized carbons (Fsp3) is 0.750. The third-order valence-corrected chi connectivity index (χ3v) is 6.31. The van der Waals surface area contributed by atoms with E-state index in [9.17, 15) is 4.79 Å². The van der Waals surface area contributed by atoms with Crippen molar-refractivity contribution in [1.29, 1.82) is 0 Å². The number of fused-ring (bicyclic) bond motifs is 1. The number of hydrogen-bond acceptors (Lipinski definition) is 2. The molecule has 0 aromatic carbocycles. The molecule has 24 heavy (non-hydrogen) atoms. The van der Waals surface area contributed by atoms with Crippen LogP contribution in [0, 0.1) is 17.8 Å². The zero-order valence-electron chi connectivity index (χ0n) is 15.4. The van der Waals surface area contributed by atoms with Gasteiger partial charge >= 0.3 is 6.09 Å².